The molecule has 4 nitrogen and oxygen atoms in total. The second kappa shape index (κ2) is 5.04. The van der Waals surface area contributed by atoms with Crippen LogP contribution in [0.4, 0.5) is 0 Å². The summed E-state index contributed by atoms with van der Waals surface area (Å²) < 4.78 is 22.4. The molecule has 18 heavy (non-hydrogen) atoms. The molecule has 0 radical (unpaired) electrons. The lowest BCUT2D eigenvalue weighted by atomic mass is 10.1. The van der Waals surface area contributed by atoms with E-state index in [4.69, 9.17) is 0 Å². The lowest BCUT2D eigenvalue weighted by Gasteiger charge is -2.29. The molecule has 1 aliphatic carbocycles. The molecule has 1 aliphatic heterocycles. The normalized spacial score (nSPS) is 31.2. The van der Waals surface area contributed by atoms with Gasteiger partial charge in [0.2, 0.25) is 0 Å². The maximum absolute atomic E-state index is 11.6. The van der Waals surface area contributed by atoms with Crippen LogP contribution in [0.25, 0.3) is 0 Å². The van der Waals surface area contributed by atoms with Gasteiger partial charge < -0.3 is 5.32 Å². The highest BCUT2D eigenvalue weighted by Gasteiger charge is 2.33. The van der Waals surface area contributed by atoms with Gasteiger partial charge in [0.25, 0.3) is 0 Å². The van der Waals surface area contributed by atoms with Crippen LogP contribution < -0.4 is 5.32 Å². The number of fused-ring (bicyclic) bond motifs is 1. The Morgan fingerprint density at radius 3 is 2.83 bits per heavy atom. The molecule has 0 amide bonds. The standard InChI is InChI=1S/C12H22N2O2S2/c1-12(2,18(3,15)16)8-13-11-14-10-6-4-5-9(10)7-17-11/h9-10H,4-8H2,1-3H3,(H,13,14). The summed E-state index contributed by atoms with van der Waals surface area (Å²) in [5.41, 5.74) is 0. The average molecular weight is 290 g/mol. The predicted molar refractivity (Wildman–Crippen MR) is 77.9 cm³/mol. The Morgan fingerprint density at radius 2 is 2.17 bits per heavy atom. The predicted octanol–water partition coefficient (Wildman–Crippen LogP) is 1.67. The molecule has 2 fully saturated rings. The molecule has 6 heteroatoms. The molecule has 2 rings (SSSR count). The third kappa shape index (κ3) is 3.02. The summed E-state index contributed by atoms with van der Waals surface area (Å²) >= 11 is 1.74. The highest BCUT2D eigenvalue weighted by molar-refractivity contribution is 8.13. The minimum absolute atomic E-state index is 0.332. The molecule has 2 atom stereocenters. The van der Waals surface area contributed by atoms with Crippen LogP contribution in [0.2, 0.25) is 0 Å². The Balaban J connectivity index is 1.98. The van der Waals surface area contributed by atoms with Gasteiger partial charge in [-0.2, -0.15) is 0 Å². The number of nitrogens with zero attached hydrogens (tertiary/aromatic N) is 1. The summed E-state index contributed by atoms with van der Waals surface area (Å²) in [7, 11) is -3.06. The molecule has 1 heterocycles. The summed E-state index contributed by atoms with van der Waals surface area (Å²) in [4.78, 5) is 4.47. The summed E-state index contributed by atoms with van der Waals surface area (Å²) in [6.45, 7) is 3.80. The molecule has 2 aliphatic rings. The molecular weight excluding hydrogens is 268 g/mol. The number of amidine groups is 1. The first-order valence-corrected chi connectivity index (χ1v) is 9.31. The first-order chi connectivity index (χ1) is 8.29. The van der Waals surface area contributed by atoms with E-state index in [2.05, 4.69) is 10.3 Å². The largest absolute Gasteiger partial charge is 0.362 e. The van der Waals surface area contributed by atoms with Crippen molar-refractivity contribution >= 4 is 26.8 Å². The molecule has 0 aromatic rings. The second-order valence-electron chi connectivity index (χ2n) is 5.91. The fourth-order valence-electron chi connectivity index (χ4n) is 2.28. The number of hydrogen-bond acceptors (Lipinski definition) is 4. The van der Waals surface area contributed by atoms with Gasteiger partial charge in [-0.1, -0.05) is 18.2 Å². The first kappa shape index (κ1) is 14.2. The van der Waals surface area contributed by atoms with Gasteiger partial charge in [-0.15, -0.1) is 0 Å². The van der Waals surface area contributed by atoms with Crippen LogP contribution in [0, 0.1) is 5.92 Å². The minimum Gasteiger partial charge on any atom is -0.362 e. The van der Waals surface area contributed by atoms with Gasteiger partial charge in [0.05, 0.1) is 11.3 Å². The topological polar surface area (TPSA) is 58.5 Å². The lowest BCUT2D eigenvalue weighted by molar-refractivity contribution is 0.489. The van der Waals surface area contributed by atoms with Crippen molar-refractivity contribution in [3.05, 3.63) is 0 Å². The van der Waals surface area contributed by atoms with Crippen LogP contribution in [0.1, 0.15) is 33.1 Å². The van der Waals surface area contributed by atoms with Gasteiger partial charge in [-0.25, -0.2) is 8.42 Å². The Labute approximate surface area is 114 Å². The average Bonchev–Trinajstić information content (AvgIpc) is 2.71. The van der Waals surface area contributed by atoms with Gasteiger partial charge >= 0.3 is 0 Å². The van der Waals surface area contributed by atoms with Gasteiger partial charge in [-0.3, -0.25) is 4.99 Å². The minimum atomic E-state index is -3.06. The zero-order chi connectivity index (χ0) is 13.4. The van der Waals surface area contributed by atoms with Crippen molar-refractivity contribution in [2.45, 2.75) is 43.9 Å². The van der Waals surface area contributed by atoms with E-state index in [0.29, 0.717) is 12.6 Å². The summed E-state index contributed by atoms with van der Waals surface area (Å²) in [5.74, 6) is 1.90. The van der Waals surface area contributed by atoms with E-state index >= 15 is 0 Å². The molecular formula is C12H22N2O2S2. The fourth-order valence-corrected chi connectivity index (χ4v) is 3.74. The quantitative estimate of drug-likeness (QED) is 0.859. The molecule has 2 unspecified atom stereocenters. The molecule has 0 spiro atoms. The monoisotopic (exact) mass is 290 g/mol. The van der Waals surface area contributed by atoms with E-state index in [9.17, 15) is 8.42 Å². The van der Waals surface area contributed by atoms with E-state index in [1.165, 1.54) is 25.5 Å². The number of aliphatic imine (C=N–C) groups is 1. The van der Waals surface area contributed by atoms with Crippen molar-refractivity contribution in [1.29, 1.82) is 0 Å². The smallest absolute Gasteiger partial charge is 0.156 e. The van der Waals surface area contributed by atoms with E-state index in [-0.39, 0.29) is 0 Å². The van der Waals surface area contributed by atoms with Crippen LogP contribution in [0.15, 0.2) is 4.99 Å². The maximum atomic E-state index is 11.6. The van der Waals surface area contributed by atoms with Crippen LogP contribution in [-0.2, 0) is 9.84 Å². The van der Waals surface area contributed by atoms with Crippen LogP contribution >= 0.6 is 11.8 Å². The summed E-state index contributed by atoms with van der Waals surface area (Å²) in [5, 5.41) is 4.38. The van der Waals surface area contributed by atoms with Crippen molar-refractivity contribution in [1.82, 2.24) is 5.32 Å². The van der Waals surface area contributed by atoms with Gasteiger partial charge in [0.1, 0.15) is 0 Å². The van der Waals surface area contributed by atoms with Crippen molar-refractivity contribution in [2.75, 3.05) is 18.6 Å². The van der Waals surface area contributed by atoms with Crippen LogP contribution in [0.3, 0.4) is 0 Å². The zero-order valence-electron chi connectivity index (χ0n) is 11.3. The number of nitrogens with one attached hydrogen (secondary N) is 1. The first-order valence-electron chi connectivity index (χ1n) is 6.43. The number of thioether (sulfide) groups is 1. The number of rotatable bonds is 3. The summed E-state index contributed by atoms with van der Waals surface area (Å²) in [6.07, 6.45) is 5.11. The van der Waals surface area contributed by atoms with Crippen molar-refractivity contribution in [3.63, 3.8) is 0 Å². The SMILES string of the molecule is CC(C)(CN=C1NC2CCCC2CS1)S(C)(=O)=O. The van der Waals surface area contributed by atoms with Gasteiger partial charge in [0.15, 0.2) is 15.0 Å². The van der Waals surface area contributed by atoms with E-state index in [0.717, 1.165) is 16.8 Å². The Hall–Kier alpha value is -0.230. The third-order valence-electron chi connectivity index (χ3n) is 4.01. The Kier molecular flexibility index (Phi) is 3.97. The Morgan fingerprint density at radius 1 is 1.44 bits per heavy atom. The van der Waals surface area contributed by atoms with Crippen LogP contribution in [-0.4, -0.2) is 42.9 Å². The Bertz CT molecular complexity index is 443. The fraction of sp³-hybridized carbons (Fsp3) is 0.917. The number of hydrogen-bond donors (Lipinski definition) is 1. The number of sulfone groups is 1. The van der Waals surface area contributed by atoms with E-state index in [1.54, 1.807) is 25.6 Å². The highest BCUT2D eigenvalue weighted by atomic mass is 32.2. The van der Waals surface area contributed by atoms with E-state index < -0.39 is 14.6 Å². The van der Waals surface area contributed by atoms with E-state index in [1.807, 2.05) is 0 Å². The van der Waals surface area contributed by atoms with Gasteiger partial charge in [0, 0.05) is 18.1 Å². The van der Waals surface area contributed by atoms with Gasteiger partial charge in [-0.05, 0) is 32.6 Å². The molecule has 104 valence electrons. The molecule has 1 N–H and O–H groups in total. The van der Waals surface area contributed by atoms with Crippen molar-refractivity contribution < 1.29 is 8.42 Å². The molecule has 0 aromatic heterocycles. The highest BCUT2D eigenvalue weighted by Crippen LogP contribution is 2.33. The molecule has 1 saturated carbocycles. The molecule has 0 bridgehead atoms. The summed E-state index contributed by atoms with van der Waals surface area (Å²) in [6, 6.07) is 0.561. The maximum Gasteiger partial charge on any atom is 0.156 e. The molecule has 0 aromatic carbocycles. The molecule has 1 saturated heterocycles. The van der Waals surface area contributed by atoms with Crippen molar-refractivity contribution in [2.24, 2.45) is 10.9 Å². The zero-order valence-corrected chi connectivity index (χ0v) is 12.9. The third-order valence-corrected chi connectivity index (χ3v) is 7.26. The van der Waals surface area contributed by atoms with Crippen LogP contribution in [0.5, 0.6) is 0 Å². The second-order valence-corrected chi connectivity index (χ2v) is 9.56. The van der Waals surface area contributed by atoms with Crippen molar-refractivity contribution in [3.8, 4) is 0 Å². The lowest BCUT2D eigenvalue weighted by Crippen LogP contribution is -2.42.